The highest BCUT2D eigenvalue weighted by Crippen LogP contribution is 2.25. The Morgan fingerprint density at radius 2 is 1.92 bits per heavy atom. The third-order valence-corrected chi connectivity index (χ3v) is 1.94. The van der Waals surface area contributed by atoms with Crippen LogP contribution in [-0.2, 0) is 5.60 Å². The first-order valence-electron chi connectivity index (χ1n) is 4.01. The molecule has 1 unspecified atom stereocenters. The molecule has 2 N–H and O–H groups in total. The summed E-state index contributed by atoms with van der Waals surface area (Å²) in [6.07, 6.45) is 5.38. The fraction of sp³-hybridized carbons (Fsp3) is 0.273. The fourth-order valence-corrected chi connectivity index (χ4v) is 1.12. The summed E-state index contributed by atoms with van der Waals surface area (Å²) in [7, 11) is 0. The summed E-state index contributed by atoms with van der Waals surface area (Å²) in [6.45, 7) is 1.65. The molecule has 0 aromatic heterocycles. The van der Waals surface area contributed by atoms with E-state index in [-0.39, 0.29) is 12.2 Å². The van der Waals surface area contributed by atoms with Crippen molar-refractivity contribution < 1.29 is 10.2 Å². The van der Waals surface area contributed by atoms with Crippen molar-refractivity contribution in [3.63, 3.8) is 0 Å². The second-order valence-electron chi connectivity index (χ2n) is 3.20. The third-order valence-electron chi connectivity index (χ3n) is 1.94. The van der Waals surface area contributed by atoms with Crippen LogP contribution in [-0.4, -0.2) is 10.2 Å². The van der Waals surface area contributed by atoms with Gasteiger partial charge in [0.1, 0.15) is 5.75 Å². The maximum Gasteiger partial charge on any atom is 0.115 e. The first-order chi connectivity index (χ1) is 6.06. The summed E-state index contributed by atoms with van der Waals surface area (Å²) in [6, 6.07) is 6.37. The van der Waals surface area contributed by atoms with Gasteiger partial charge in [-0.15, -0.1) is 12.3 Å². The molecule has 2 nitrogen and oxygen atoms in total. The number of hydrogen-bond donors (Lipinski definition) is 2. The number of phenolic OH excluding ortho intramolecular Hbond substituents is 1. The maximum absolute atomic E-state index is 9.85. The van der Waals surface area contributed by atoms with Gasteiger partial charge in [0.05, 0.1) is 5.60 Å². The van der Waals surface area contributed by atoms with Gasteiger partial charge in [-0.25, -0.2) is 0 Å². The van der Waals surface area contributed by atoms with Crippen LogP contribution in [0.4, 0.5) is 0 Å². The Bertz CT molecular complexity index is 317. The first-order valence-corrected chi connectivity index (χ1v) is 4.01. The van der Waals surface area contributed by atoms with Crippen LogP contribution in [0.1, 0.15) is 18.9 Å². The van der Waals surface area contributed by atoms with Crippen molar-refractivity contribution in [3.8, 4) is 18.1 Å². The lowest BCUT2D eigenvalue weighted by atomic mass is 9.93. The molecule has 0 fully saturated rings. The van der Waals surface area contributed by atoms with Gasteiger partial charge in [-0.05, 0) is 24.6 Å². The molecular formula is C11H12O2. The number of terminal acetylenes is 1. The van der Waals surface area contributed by atoms with E-state index in [1.165, 1.54) is 12.1 Å². The lowest BCUT2D eigenvalue weighted by molar-refractivity contribution is 0.0629. The van der Waals surface area contributed by atoms with Gasteiger partial charge in [-0.2, -0.15) is 0 Å². The van der Waals surface area contributed by atoms with E-state index in [2.05, 4.69) is 5.92 Å². The highest BCUT2D eigenvalue weighted by molar-refractivity contribution is 5.30. The SMILES string of the molecule is C#CCC(C)(O)c1ccc(O)cc1. The lowest BCUT2D eigenvalue weighted by Gasteiger charge is -2.20. The second kappa shape index (κ2) is 3.51. The molecule has 0 saturated carbocycles. The van der Waals surface area contributed by atoms with Crippen molar-refractivity contribution >= 4 is 0 Å². The van der Waals surface area contributed by atoms with Gasteiger partial charge in [-0.1, -0.05) is 12.1 Å². The summed E-state index contributed by atoms with van der Waals surface area (Å²) < 4.78 is 0. The molecule has 13 heavy (non-hydrogen) atoms. The van der Waals surface area contributed by atoms with E-state index in [0.29, 0.717) is 5.56 Å². The Hall–Kier alpha value is -1.46. The van der Waals surface area contributed by atoms with Crippen LogP contribution in [0.2, 0.25) is 0 Å². The molecule has 2 heteroatoms. The molecule has 1 atom stereocenters. The quantitative estimate of drug-likeness (QED) is 0.672. The molecule has 0 saturated heterocycles. The highest BCUT2D eigenvalue weighted by atomic mass is 16.3. The molecule has 0 heterocycles. The largest absolute Gasteiger partial charge is 0.508 e. The van der Waals surface area contributed by atoms with Crippen LogP contribution >= 0.6 is 0 Å². The van der Waals surface area contributed by atoms with E-state index >= 15 is 0 Å². The Labute approximate surface area is 77.8 Å². The number of rotatable bonds is 2. The van der Waals surface area contributed by atoms with Crippen molar-refractivity contribution in [1.82, 2.24) is 0 Å². The zero-order valence-corrected chi connectivity index (χ0v) is 7.49. The minimum atomic E-state index is -1.01. The average Bonchev–Trinajstić information content (AvgIpc) is 2.05. The molecule has 0 radical (unpaired) electrons. The fourth-order valence-electron chi connectivity index (χ4n) is 1.12. The number of benzene rings is 1. The van der Waals surface area contributed by atoms with Crippen molar-refractivity contribution in [3.05, 3.63) is 29.8 Å². The molecule has 1 rings (SSSR count). The van der Waals surface area contributed by atoms with Crippen LogP contribution < -0.4 is 0 Å². The molecule has 0 aliphatic carbocycles. The van der Waals surface area contributed by atoms with Crippen LogP contribution in [0.15, 0.2) is 24.3 Å². The summed E-state index contributed by atoms with van der Waals surface area (Å²) in [5.41, 5.74) is -0.300. The Balaban J connectivity index is 2.95. The van der Waals surface area contributed by atoms with E-state index in [0.717, 1.165) is 0 Å². The van der Waals surface area contributed by atoms with Crippen LogP contribution in [0, 0.1) is 12.3 Å². The number of phenols is 1. The molecule has 0 spiro atoms. The Kier molecular flexibility index (Phi) is 2.60. The molecule has 0 bridgehead atoms. The van der Waals surface area contributed by atoms with Gasteiger partial charge in [0.2, 0.25) is 0 Å². The van der Waals surface area contributed by atoms with Gasteiger partial charge >= 0.3 is 0 Å². The zero-order valence-electron chi connectivity index (χ0n) is 7.49. The van der Waals surface area contributed by atoms with Gasteiger partial charge in [-0.3, -0.25) is 0 Å². The normalized spacial score (nSPS) is 14.5. The van der Waals surface area contributed by atoms with Crippen molar-refractivity contribution in [2.75, 3.05) is 0 Å². The highest BCUT2D eigenvalue weighted by Gasteiger charge is 2.21. The van der Waals surface area contributed by atoms with E-state index < -0.39 is 5.60 Å². The predicted octanol–water partition coefficient (Wildman–Crippen LogP) is 1.62. The van der Waals surface area contributed by atoms with Crippen LogP contribution in [0.5, 0.6) is 5.75 Å². The summed E-state index contributed by atoms with van der Waals surface area (Å²) >= 11 is 0. The van der Waals surface area contributed by atoms with E-state index in [1.54, 1.807) is 19.1 Å². The summed E-state index contributed by atoms with van der Waals surface area (Å²) in [4.78, 5) is 0. The number of aliphatic hydroxyl groups is 1. The maximum atomic E-state index is 9.85. The summed E-state index contributed by atoms with van der Waals surface area (Å²) in [5.74, 6) is 2.59. The lowest BCUT2D eigenvalue weighted by Crippen LogP contribution is -2.19. The molecule has 68 valence electrons. The van der Waals surface area contributed by atoms with Gasteiger partial charge in [0, 0.05) is 6.42 Å². The first kappa shape index (κ1) is 9.63. The van der Waals surface area contributed by atoms with Gasteiger partial charge < -0.3 is 10.2 Å². The van der Waals surface area contributed by atoms with Crippen molar-refractivity contribution in [2.24, 2.45) is 0 Å². The average molecular weight is 176 g/mol. The standard InChI is InChI=1S/C11H12O2/c1-3-8-11(2,13)9-4-6-10(12)7-5-9/h1,4-7,12-13H,8H2,2H3. The number of hydrogen-bond acceptors (Lipinski definition) is 2. The second-order valence-corrected chi connectivity index (χ2v) is 3.20. The minimum Gasteiger partial charge on any atom is -0.508 e. The van der Waals surface area contributed by atoms with E-state index in [4.69, 9.17) is 11.5 Å². The smallest absolute Gasteiger partial charge is 0.115 e. The van der Waals surface area contributed by atoms with Gasteiger partial charge in [0.25, 0.3) is 0 Å². The molecule has 1 aromatic carbocycles. The van der Waals surface area contributed by atoms with E-state index in [9.17, 15) is 5.11 Å². The Morgan fingerprint density at radius 1 is 1.38 bits per heavy atom. The monoisotopic (exact) mass is 176 g/mol. The molecule has 0 aliphatic heterocycles. The van der Waals surface area contributed by atoms with Crippen LogP contribution in [0.25, 0.3) is 0 Å². The Morgan fingerprint density at radius 3 is 2.38 bits per heavy atom. The molecule has 0 aliphatic rings. The van der Waals surface area contributed by atoms with E-state index in [1.807, 2.05) is 0 Å². The third kappa shape index (κ3) is 2.24. The number of aromatic hydroxyl groups is 1. The molecular weight excluding hydrogens is 164 g/mol. The molecule has 0 amide bonds. The van der Waals surface area contributed by atoms with Crippen LogP contribution in [0.3, 0.4) is 0 Å². The summed E-state index contributed by atoms with van der Waals surface area (Å²) in [5, 5.41) is 18.9. The zero-order chi connectivity index (χ0) is 9.90. The van der Waals surface area contributed by atoms with Crippen molar-refractivity contribution in [2.45, 2.75) is 18.9 Å². The minimum absolute atomic E-state index is 0.181. The topological polar surface area (TPSA) is 40.5 Å². The van der Waals surface area contributed by atoms with Gasteiger partial charge in [0.15, 0.2) is 0 Å². The molecule has 1 aromatic rings. The van der Waals surface area contributed by atoms with Crippen molar-refractivity contribution in [1.29, 1.82) is 0 Å². The predicted molar refractivity (Wildman–Crippen MR) is 51.1 cm³/mol.